The highest BCUT2D eigenvalue weighted by Crippen LogP contribution is 2.23. The number of para-hydroxylation sites is 2. The fourth-order valence-corrected chi connectivity index (χ4v) is 4.64. The van der Waals surface area contributed by atoms with Crippen molar-refractivity contribution in [1.29, 1.82) is 0 Å². The summed E-state index contributed by atoms with van der Waals surface area (Å²) in [7, 11) is 0. The number of fused-ring (bicyclic) bond motifs is 1. The van der Waals surface area contributed by atoms with Gasteiger partial charge in [0, 0.05) is 19.5 Å². The number of carbonyl (C=O) groups excluding carboxylic acids is 1. The van der Waals surface area contributed by atoms with E-state index >= 15 is 0 Å². The van der Waals surface area contributed by atoms with Gasteiger partial charge in [-0.05, 0) is 74.6 Å². The lowest BCUT2D eigenvalue weighted by Gasteiger charge is -2.15. The summed E-state index contributed by atoms with van der Waals surface area (Å²) in [5.74, 6) is 0.248. The van der Waals surface area contributed by atoms with Gasteiger partial charge in [-0.15, -0.1) is 0 Å². The normalized spacial score (nSPS) is 11.2. The maximum absolute atomic E-state index is 13.7. The Hall–Kier alpha value is -3.47. The number of amides is 1. The topological polar surface area (TPSA) is 46.9 Å². The molecule has 1 N–H and O–H groups in total. The van der Waals surface area contributed by atoms with E-state index in [0.717, 1.165) is 49.1 Å². The first-order valence-electron chi connectivity index (χ1n) is 12.0. The first kappa shape index (κ1) is 23.7. The number of hydrogen-bond donors (Lipinski definition) is 1. The lowest BCUT2D eigenvalue weighted by molar-refractivity contribution is 0.0949. The molecule has 176 valence electrons. The highest BCUT2D eigenvalue weighted by molar-refractivity contribution is 5.94. The average Bonchev–Trinajstić information content (AvgIpc) is 3.15. The van der Waals surface area contributed by atoms with E-state index in [1.165, 1.54) is 34.4 Å². The summed E-state index contributed by atoms with van der Waals surface area (Å²) < 4.78 is 16.1. The van der Waals surface area contributed by atoms with Crippen LogP contribution in [0.3, 0.4) is 0 Å². The molecule has 0 saturated heterocycles. The minimum Gasteiger partial charge on any atom is -0.352 e. The van der Waals surface area contributed by atoms with Crippen LogP contribution in [0, 0.1) is 26.6 Å². The number of benzene rings is 3. The predicted molar refractivity (Wildman–Crippen MR) is 136 cm³/mol. The van der Waals surface area contributed by atoms with E-state index in [-0.39, 0.29) is 11.5 Å². The molecule has 0 radical (unpaired) electrons. The van der Waals surface area contributed by atoms with Crippen LogP contribution in [0.15, 0.2) is 60.7 Å². The minimum atomic E-state index is -0.488. The fraction of sp³-hybridized carbons (Fsp3) is 0.310. The van der Waals surface area contributed by atoms with Crippen molar-refractivity contribution in [2.45, 2.75) is 53.0 Å². The van der Waals surface area contributed by atoms with Crippen LogP contribution < -0.4 is 5.32 Å². The van der Waals surface area contributed by atoms with Crippen LogP contribution in [0.5, 0.6) is 0 Å². The smallest absolute Gasteiger partial charge is 0.254 e. The monoisotopic (exact) mass is 457 g/mol. The van der Waals surface area contributed by atoms with Crippen LogP contribution in [-0.2, 0) is 13.0 Å². The van der Waals surface area contributed by atoms with Gasteiger partial charge in [-0.1, -0.05) is 48.4 Å². The van der Waals surface area contributed by atoms with Gasteiger partial charge in [0.25, 0.3) is 5.91 Å². The lowest BCUT2D eigenvalue weighted by atomic mass is 9.99. The second-order valence-corrected chi connectivity index (χ2v) is 9.03. The van der Waals surface area contributed by atoms with Crippen LogP contribution in [0.1, 0.15) is 57.7 Å². The van der Waals surface area contributed by atoms with Crippen LogP contribution in [0.25, 0.3) is 11.0 Å². The van der Waals surface area contributed by atoms with Gasteiger partial charge in [0.05, 0.1) is 16.6 Å². The van der Waals surface area contributed by atoms with Crippen molar-refractivity contribution in [2.24, 2.45) is 0 Å². The molecule has 0 bridgehead atoms. The number of halogens is 1. The molecule has 0 aliphatic heterocycles. The Bertz CT molecular complexity index is 1280. The molecule has 0 unspecified atom stereocenters. The molecule has 0 fully saturated rings. The standard InChI is InChI=1S/C29H32FN3O/c1-20-17-21(2)24(22(3)18-20)19-33-27-14-9-8-13-26(27)32-28(33)15-5-4-10-16-31-29(34)23-11-6-7-12-25(23)30/h6-9,11-14,17-18H,4-5,10,15-16,19H2,1-3H3,(H,31,34). The van der Waals surface area contributed by atoms with Crippen molar-refractivity contribution in [3.05, 3.63) is 100 Å². The molecule has 4 aromatic rings. The van der Waals surface area contributed by atoms with Crippen LogP contribution >= 0.6 is 0 Å². The number of rotatable bonds is 9. The number of carbonyl (C=O) groups is 1. The van der Waals surface area contributed by atoms with E-state index in [1.807, 2.05) is 6.07 Å². The van der Waals surface area contributed by atoms with Crippen molar-refractivity contribution >= 4 is 16.9 Å². The van der Waals surface area contributed by atoms with Gasteiger partial charge in [-0.25, -0.2) is 9.37 Å². The Morgan fingerprint density at radius 3 is 2.41 bits per heavy atom. The third kappa shape index (κ3) is 5.36. The third-order valence-corrected chi connectivity index (χ3v) is 6.37. The minimum absolute atomic E-state index is 0.0953. The Labute approximate surface area is 200 Å². The zero-order valence-electron chi connectivity index (χ0n) is 20.2. The molecular formula is C29H32FN3O. The summed E-state index contributed by atoms with van der Waals surface area (Å²) in [5.41, 5.74) is 7.55. The van der Waals surface area contributed by atoms with Crippen molar-refractivity contribution in [3.63, 3.8) is 0 Å². The summed E-state index contributed by atoms with van der Waals surface area (Å²) in [6.45, 7) is 7.85. The van der Waals surface area contributed by atoms with Crippen molar-refractivity contribution < 1.29 is 9.18 Å². The second kappa shape index (κ2) is 10.6. The molecule has 0 atom stereocenters. The van der Waals surface area contributed by atoms with E-state index in [4.69, 9.17) is 4.98 Å². The van der Waals surface area contributed by atoms with Crippen molar-refractivity contribution in [2.75, 3.05) is 6.54 Å². The largest absolute Gasteiger partial charge is 0.352 e. The highest BCUT2D eigenvalue weighted by atomic mass is 19.1. The van der Waals surface area contributed by atoms with E-state index in [2.05, 4.69) is 61.0 Å². The molecular weight excluding hydrogens is 425 g/mol. The van der Waals surface area contributed by atoms with Gasteiger partial charge in [0.2, 0.25) is 0 Å². The number of nitrogens with one attached hydrogen (secondary N) is 1. The number of nitrogens with zero attached hydrogens (tertiary/aromatic N) is 2. The molecule has 0 aliphatic rings. The summed E-state index contributed by atoms with van der Waals surface area (Å²) in [4.78, 5) is 17.1. The molecule has 4 rings (SSSR count). The highest BCUT2D eigenvalue weighted by Gasteiger charge is 2.14. The summed E-state index contributed by atoms with van der Waals surface area (Å²) in [5, 5.41) is 2.82. The van der Waals surface area contributed by atoms with Gasteiger partial charge < -0.3 is 9.88 Å². The number of aryl methyl sites for hydroxylation is 4. The Morgan fingerprint density at radius 1 is 0.941 bits per heavy atom. The van der Waals surface area contributed by atoms with Crippen molar-refractivity contribution in [1.82, 2.24) is 14.9 Å². The molecule has 3 aromatic carbocycles. The van der Waals surface area contributed by atoms with Gasteiger partial charge >= 0.3 is 0 Å². The lowest BCUT2D eigenvalue weighted by Crippen LogP contribution is -2.25. The first-order chi connectivity index (χ1) is 16.4. The maximum Gasteiger partial charge on any atom is 0.254 e. The second-order valence-electron chi connectivity index (χ2n) is 9.03. The summed E-state index contributed by atoms with van der Waals surface area (Å²) in [6, 6.07) is 18.9. The van der Waals surface area contributed by atoms with Crippen LogP contribution in [0.4, 0.5) is 4.39 Å². The molecule has 0 aliphatic carbocycles. The van der Waals surface area contributed by atoms with Gasteiger partial charge in [-0.3, -0.25) is 4.79 Å². The molecule has 0 spiro atoms. The Balaban J connectivity index is 1.38. The number of hydrogen-bond acceptors (Lipinski definition) is 2. The quantitative estimate of drug-likeness (QED) is 0.300. The van der Waals surface area contributed by atoms with E-state index in [1.54, 1.807) is 12.1 Å². The van der Waals surface area contributed by atoms with E-state index < -0.39 is 5.82 Å². The maximum atomic E-state index is 13.7. The number of unbranched alkanes of at least 4 members (excludes halogenated alkanes) is 2. The summed E-state index contributed by atoms with van der Waals surface area (Å²) in [6.07, 6.45) is 3.66. The predicted octanol–water partition coefficient (Wildman–Crippen LogP) is 6.29. The third-order valence-electron chi connectivity index (χ3n) is 6.37. The van der Waals surface area contributed by atoms with E-state index in [0.29, 0.717) is 6.54 Å². The number of imidazole rings is 1. The van der Waals surface area contributed by atoms with E-state index in [9.17, 15) is 9.18 Å². The SMILES string of the molecule is Cc1cc(C)c(Cn2c(CCCCCNC(=O)c3ccccc3F)nc3ccccc32)c(C)c1. The van der Waals surface area contributed by atoms with Gasteiger partial charge in [0.1, 0.15) is 11.6 Å². The Kier molecular flexibility index (Phi) is 7.41. The molecule has 1 amide bonds. The summed E-state index contributed by atoms with van der Waals surface area (Å²) >= 11 is 0. The zero-order valence-corrected chi connectivity index (χ0v) is 20.2. The molecule has 1 aromatic heterocycles. The van der Waals surface area contributed by atoms with Crippen molar-refractivity contribution in [3.8, 4) is 0 Å². The van der Waals surface area contributed by atoms with Gasteiger partial charge in [-0.2, -0.15) is 0 Å². The fourth-order valence-electron chi connectivity index (χ4n) is 4.64. The zero-order chi connectivity index (χ0) is 24.1. The average molecular weight is 458 g/mol. The molecule has 4 nitrogen and oxygen atoms in total. The molecule has 34 heavy (non-hydrogen) atoms. The number of aromatic nitrogens is 2. The van der Waals surface area contributed by atoms with Crippen LogP contribution in [-0.4, -0.2) is 22.0 Å². The Morgan fingerprint density at radius 2 is 1.65 bits per heavy atom. The van der Waals surface area contributed by atoms with Gasteiger partial charge in [0.15, 0.2) is 0 Å². The molecule has 0 saturated carbocycles. The van der Waals surface area contributed by atoms with Crippen LogP contribution in [0.2, 0.25) is 0 Å². The molecule has 5 heteroatoms. The molecule has 1 heterocycles. The first-order valence-corrected chi connectivity index (χ1v) is 12.0.